The van der Waals surface area contributed by atoms with Crippen molar-refractivity contribution < 1.29 is 19.0 Å². The van der Waals surface area contributed by atoms with Gasteiger partial charge in [0.2, 0.25) is 5.91 Å². The summed E-state index contributed by atoms with van der Waals surface area (Å²) in [6.45, 7) is 0. The molecule has 0 radical (unpaired) electrons. The number of hydrogen-bond donors (Lipinski definition) is 1. The van der Waals surface area contributed by atoms with Gasteiger partial charge in [-0.25, -0.2) is 0 Å². The van der Waals surface area contributed by atoms with E-state index in [4.69, 9.17) is 31.5 Å². The quantitative estimate of drug-likeness (QED) is 0.813. The van der Waals surface area contributed by atoms with E-state index in [1.807, 2.05) is 0 Å². The topological polar surface area (TPSA) is 70.8 Å². The zero-order chi connectivity index (χ0) is 13.0. The van der Waals surface area contributed by atoms with E-state index in [0.717, 1.165) is 0 Å². The Kier molecular flexibility index (Phi) is 4.45. The van der Waals surface area contributed by atoms with Crippen LogP contribution in [0.1, 0.15) is 10.9 Å². The van der Waals surface area contributed by atoms with Crippen LogP contribution in [0.25, 0.3) is 0 Å². The van der Waals surface area contributed by atoms with Gasteiger partial charge in [-0.15, -0.1) is 11.6 Å². The largest absolute Gasteiger partial charge is 0.496 e. The number of benzene rings is 1. The zero-order valence-corrected chi connectivity index (χ0v) is 10.6. The lowest BCUT2D eigenvalue weighted by Crippen LogP contribution is -2.18. The Bertz CT molecular complexity index is 397. The van der Waals surface area contributed by atoms with Crippen LogP contribution in [0.2, 0.25) is 0 Å². The molecule has 94 valence electrons. The van der Waals surface area contributed by atoms with Crippen molar-refractivity contribution in [3.63, 3.8) is 0 Å². The molecule has 1 atom stereocenters. The molecule has 1 unspecified atom stereocenters. The van der Waals surface area contributed by atoms with Gasteiger partial charge in [-0.05, 0) is 0 Å². The van der Waals surface area contributed by atoms with Gasteiger partial charge in [-0.3, -0.25) is 4.79 Å². The number of primary amides is 1. The summed E-state index contributed by atoms with van der Waals surface area (Å²) in [6, 6.07) is 3.21. The summed E-state index contributed by atoms with van der Waals surface area (Å²) in [7, 11) is 4.44. The fraction of sp³-hybridized carbons (Fsp3) is 0.364. The molecule has 1 rings (SSSR count). The molecule has 0 fully saturated rings. The molecule has 0 aliphatic carbocycles. The maximum atomic E-state index is 11.1. The van der Waals surface area contributed by atoms with Crippen LogP contribution in [-0.4, -0.2) is 27.2 Å². The number of hydrogen-bond acceptors (Lipinski definition) is 4. The summed E-state index contributed by atoms with van der Waals surface area (Å²) < 4.78 is 15.4. The van der Waals surface area contributed by atoms with E-state index >= 15 is 0 Å². The first-order valence-electron chi connectivity index (χ1n) is 4.78. The maximum absolute atomic E-state index is 11.1. The summed E-state index contributed by atoms with van der Waals surface area (Å²) in [5.41, 5.74) is 5.57. The Morgan fingerprint density at radius 1 is 1.18 bits per heavy atom. The second-order valence-electron chi connectivity index (χ2n) is 3.21. The number of carbonyl (C=O) groups is 1. The molecule has 6 heteroatoms. The SMILES string of the molecule is COc1cc(OC)c(C(Cl)C(N)=O)c(OC)c1. The Labute approximate surface area is 104 Å². The molecule has 1 aromatic rings. The Morgan fingerprint density at radius 3 is 1.94 bits per heavy atom. The van der Waals surface area contributed by atoms with Gasteiger partial charge >= 0.3 is 0 Å². The van der Waals surface area contributed by atoms with Crippen LogP contribution in [0, 0.1) is 0 Å². The molecule has 0 saturated carbocycles. The number of ether oxygens (including phenoxy) is 3. The van der Waals surface area contributed by atoms with E-state index in [1.165, 1.54) is 21.3 Å². The first kappa shape index (κ1) is 13.4. The van der Waals surface area contributed by atoms with Gasteiger partial charge in [0.15, 0.2) is 0 Å². The van der Waals surface area contributed by atoms with Gasteiger partial charge in [-0.2, -0.15) is 0 Å². The Hall–Kier alpha value is -1.62. The predicted molar refractivity (Wildman–Crippen MR) is 63.9 cm³/mol. The van der Waals surface area contributed by atoms with E-state index in [9.17, 15) is 4.79 Å². The number of rotatable bonds is 5. The number of halogens is 1. The molecule has 0 aliphatic heterocycles. The van der Waals surface area contributed by atoms with Crippen molar-refractivity contribution in [1.82, 2.24) is 0 Å². The maximum Gasteiger partial charge on any atom is 0.240 e. The number of methoxy groups -OCH3 is 3. The smallest absolute Gasteiger partial charge is 0.240 e. The Morgan fingerprint density at radius 2 is 1.65 bits per heavy atom. The molecule has 5 nitrogen and oxygen atoms in total. The average Bonchev–Trinajstić information content (AvgIpc) is 2.35. The van der Waals surface area contributed by atoms with E-state index < -0.39 is 11.3 Å². The van der Waals surface area contributed by atoms with Crippen molar-refractivity contribution in [2.45, 2.75) is 5.38 Å². The lowest BCUT2D eigenvalue weighted by molar-refractivity contribution is -0.117. The highest BCUT2D eigenvalue weighted by atomic mass is 35.5. The number of alkyl halides is 1. The highest BCUT2D eigenvalue weighted by molar-refractivity contribution is 6.31. The fourth-order valence-corrected chi connectivity index (χ4v) is 1.64. The lowest BCUT2D eigenvalue weighted by Gasteiger charge is -2.16. The molecule has 0 spiro atoms. The van der Waals surface area contributed by atoms with Crippen LogP contribution in [-0.2, 0) is 4.79 Å². The van der Waals surface area contributed by atoms with E-state index in [1.54, 1.807) is 12.1 Å². The van der Waals surface area contributed by atoms with Crippen LogP contribution in [0.4, 0.5) is 0 Å². The van der Waals surface area contributed by atoms with E-state index in [-0.39, 0.29) is 0 Å². The van der Waals surface area contributed by atoms with Crippen molar-refractivity contribution in [3.8, 4) is 17.2 Å². The van der Waals surface area contributed by atoms with Crippen molar-refractivity contribution in [2.75, 3.05) is 21.3 Å². The van der Waals surface area contributed by atoms with Gasteiger partial charge in [0.05, 0.1) is 26.9 Å². The Balaban J connectivity index is 3.39. The van der Waals surface area contributed by atoms with Crippen LogP contribution >= 0.6 is 11.6 Å². The van der Waals surface area contributed by atoms with Gasteiger partial charge in [0.1, 0.15) is 22.6 Å². The minimum Gasteiger partial charge on any atom is -0.496 e. The summed E-state index contributed by atoms with van der Waals surface area (Å²) in [5, 5.41) is -1.02. The highest BCUT2D eigenvalue weighted by Crippen LogP contribution is 2.40. The third kappa shape index (κ3) is 2.74. The second kappa shape index (κ2) is 5.63. The number of nitrogens with two attached hydrogens (primary N) is 1. The van der Waals surface area contributed by atoms with Crippen LogP contribution < -0.4 is 19.9 Å². The monoisotopic (exact) mass is 259 g/mol. The molecule has 0 aromatic heterocycles. The molecular formula is C11H14ClNO4. The van der Waals surface area contributed by atoms with Gasteiger partial charge < -0.3 is 19.9 Å². The van der Waals surface area contributed by atoms with Crippen molar-refractivity contribution >= 4 is 17.5 Å². The molecule has 0 heterocycles. The summed E-state index contributed by atoms with van der Waals surface area (Å²) in [6.07, 6.45) is 0. The van der Waals surface area contributed by atoms with Gasteiger partial charge in [-0.1, -0.05) is 0 Å². The van der Waals surface area contributed by atoms with Crippen molar-refractivity contribution in [2.24, 2.45) is 5.73 Å². The second-order valence-corrected chi connectivity index (χ2v) is 3.65. The minimum absolute atomic E-state index is 0.389. The van der Waals surface area contributed by atoms with E-state index in [2.05, 4.69) is 0 Å². The number of amides is 1. The lowest BCUT2D eigenvalue weighted by atomic mass is 10.1. The normalized spacial score (nSPS) is 11.8. The zero-order valence-electron chi connectivity index (χ0n) is 9.82. The average molecular weight is 260 g/mol. The molecule has 2 N–H and O–H groups in total. The minimum atomic E-state index is -1.02. The van der Waals surface area contributed by atoms with Crippen LogP contribution in [0.3, 0.4) is 0 Å². The molecular weight excluding hydrogens is 246 g/mol. The van der Waals surface area contributed by atoms with Crippen molar-refractivity contribution in [1.29, 1.82) is 0 Å². The standard InChI is InChI=1S/C11H14ClNO4/c1-15-6-4-7(16-2)9(8(5-6)17-3)10(12)11(13)14/h4-5,10H,1-3H3,(H2,13,14). The van der Waals surface area contributed by atoms with E-state index in [0.29, 0.717) is 22.8 Å². The number of carbonyl (C=O) groups excluding carboxylic acids is 1. The van der Waals surface area contributed by atoms with Gasteiger partial charge in [0.25, 0.3) is 0 Å². The summed E-state index contributed by atoms with van der Waals surface area (Å²) in [5.74, 6) is 0.643. The summed E-state index contributed by atoms with van der Waals surface area (Å²) >= 11 is 5.93. The molecule has 17 heavy (non-hydrogen) atoms. The third-order valence-electron chi connectivity index (χ3n) is 2.26. The van der Waals surface area contributed by atoms with Crippen molar-refractivity contribution in [3.05, 3.63) is 17.7 Å². The third-order valence-corrected chi connectivity index (χ3v) is 2.69. The molecule has 1 aromatic carbocycles. The molecule has 0 bridgehead atoms. The summed E-state index contributed by atoms with van der Waals surface area (Å²) in [4.78, 5) is 11.1. The first-order valence-corrected chi connectivity index (χ1v) is 5.22. The van der Waals surface area contributed by atoms with Crippen LogP contribution in [0.5, 0.6) is 17.2 Å². The first-order chi connectivity index (χ1) is 8.04. The highest BCUT2D eigenvalue weighted by Gasteiger charge is 2.24. The molecule has 0 aliphatic rings. The fourth-order valence-electron chi connectivity index (χ4n) is 1.42. The van der Waals surface area contributed by atoms with Gasteiger partial charge in [0, 0.05) is 12.1 Å². The molecule has 0 saturated heterocycles. The van der Waals surface area contributed by atoms with Crippen LogP contribution in [0.15, 0.2) is 12.1 Å². The predicted octanol–water partition coefficient (Wildman–Crippen LogP) is 1.48. The molecule has 1 amide bonds.